The van der Waals surface area contributed by atoms with Crippen LogP contribution in [0.5, 0.6) is 0 Å². The van der Waals surface area contributed by atoms with E-state index in [4.69, 9.17) is 5.10 Å². The maximum absolute atomic E-state index is 12.1. The minimum atomic E-state index is 0.0518. The van der Waals surface area contributed by atoms with Crippen molar-refractivity contribution >= 4 is 17.4 Å². The number of fused-ring (bicyclic) bond motifs is 1. The maximum atomic E-state index is 12.1. The first kappa shape index (κ1) is 16.0. The van der Waals surface area contributed by atoms with Crippen LogP contribution >= 0.6 is 0 Å². The van der Waals surface area contributed by atoms with Gasteiger partial charge in [0.2, 0.25) is 5.91 Å². The van der Waals surface area contributed by atoms with Crippen LogP contribution in [0.15, 0.2) is 12.1 Å². The van der Waals surface area contributed by atoms with Gasteiger partial charge in [0.25, 0.3) is 0 Å². The Morgan fingerprint density at radius 3 is 2.58 bits per heavy atom. The highest BCUT2D eigenvalue weighted by atomic mass is 16.2. The Bertz CT molecular complexity index is 807. The number of amides is 1. The van der Waals surface area contributed by atoms with Gasteiger partial charge in [0, 0.05) is 25.6 Å². The summed E-state index contributed by atoms with van der Waals surface area (Å²) in [6, 6.07) is 4.10. The first-order valence-electron chi connectivity index (χ1n) is 9.79. The van der Waals surface area contributed by atoms with Gasteiger partial charge in [-0.2, -0.15) is 4.52 Å². The predicted octanol–water partition coefficient (Wildman–Crippen LogP) is 0.792. The van der Waals surface area contributed by atoms with E-state index in [0.717, 1.165) is 75.7 Å². The Balaban J connectivity index is 1.32. The van der Waals surface area contributed by atoms with Crippen molar-refractivity contribution in [2.75, 3.05) is 37.6 Å². The predicted molar refractivity (Wildman–Crippen MR) is 97.2 cm³/mol. The highest BCUT2D eigenvalue weighted by Gasteiger charge is 2.33. The van der Waals surface area contributed by atoms with E-state index in [1.807, 2.05) is 16.6 Å². The standard InChI is InChI=1S/C18H25N7O/c26-18-14(3-1-8-19-18)23-11-6-13(7-12-23)17-21-20-15-4-5-16(22-25(15)17)24-9-2-10-24/h4-5,13-14H,1-3,6-12H2,(H,19,26). The number of nitrogens with one attached hydrogen (secondary N) is 1. The number of carbonyl (C=O) groups excluding carboxylic acids is 1. The highest BCUT2D eigenvalue weighted by molar-refractivity contribution is 5.82. The molecule has 0 saturated carbocycles. The van der Waals surface area contributed by atoms with E-state index < -0.39 is 0 Å². The zero-order valence-electron chi connectivity index (χ0n) is 15.0. The average Bonchev–Trinajstić information content (AvgIpc) is 3.04. The summed E-state index contributed by atoms with van der Waals surface area (Å²) in [7, 11) is 0. The molecule has 3 aliphatic heterocycles. The molecule has 3 fully saturated rings. The number of carbonyl (C=O) groups is 1. The Morgan fingerprint density at radius 1 is 1.00 bits per heavy atom. The molecule has 0 bridgehead atoms. The zero-order valence-corrected chi connectivity index (χ0v) is 15.0. The Labute approximate surface area is 152 Å². The first-order chi connectivity index (χ1) is 12.8. The summed E-state index contributed by atoms with van der Waals surface area (Å²) in [6.07, 6.45) is 5.29. The third kappa shape index (κ3) is 2.72. The van der Waals surface area contributed by atoms with Crippen molar-refractivity contribution in [3.05, 3.63) is 18.0 Å². The summed E-state index contributed by atoms with van der Waals surface area (Å²) in [5, 5.41) is 16.6. The van der Waals surface area contributed by atoms with Gasteiger partial charge in [-0.25, -0.2) is 0 Å². The normalized spacial score (nSPS) is 25.3. The molecule has 26 heavy (non-hydrogen) atoms. The second kappa shape index (κ2) is 6.50. The van der Waals surface area contributed by atoms with Crippen LogP contribution in [-0.4, -0.2) is 69.4 Å². The number of nitrogens with zero attached hydrogens (tertiary/aromatic N) is 6. The molecule has 1 atom stereocenters. The molecular weight excluding hydrogens is 330 g/mol. The van der Waals surface area contributed by atoms with Crippen LogP contribution in [0.2, 0.25) is 0 Å². The summed E-state index contributed by atoms with van der Waals surface area (Å²) < 4.78 is 1.93. The van der Waals surface area contributed by atoms with E-state index >= 15 is 0 Å². The third-order valence-electron chi connectivity index (χ3n) is 6.04. The van der Waals surface area contributed by atoms with Crippen molar-refractivity contribution < 1.29 is 4.79 Å². The van der Waals surface area contributed by atoms with Gasteiger partial charge in [0.1, 0.15) is 5.82 Å². The molecule has 138 valence electrons. The molecule has 0 aromatic carbocycles. The largest absolute Gasteiger partial charge is 0.355 e. The Hall–Kier alpha value is -2.22. The van der Waals surface area contributed by atoms with Gasteiger partial charge in [0.05, 0.1) is 6.04 Å². The van der Waals surface area contributed by atoms with Gasteiger partial charge >= 0.3 is 0 Å². The second-order valence-corrected chi connectivity index (χ2v) is 7.62. The molecule has 8 heteroatoms. The first-order valence-corrected chi connectivity index (χ1v) is 9.79. The number of anilines is 1. The molecule has 3 saturated heterocycles. The van der Waals surface area contributed by atoms with Crippen molar-refractivity contribution in [3.63, 3.8) is 0 Å². The lowest BCUT2D eigenvalue weighted by molar-refractivity contribution is -0.128. The van der Waals surface area contributed by atoms with Gasteiger partial charge in [0.15, 0.2) is 11.5 Å². The number of piperidine rings is 2. The fourth-order valence-corrected chi connectivity index (χ4v) is 4.34. The summed E-state index contributed by atoms with van der Waals surface area (Å²) in [4.78, 5) is 16.7. The van der Waals surface area contributed by atoms with Crippen molar-refractivity contribution in [1.82, 2.24) is 30.0 Å². The quantitative estimate of drug-likeness (QED) is 0.877. The lowest BCUT2D eigenvalue weighted by atomic mass is 9.93. The number of hydrogen-bond acceptors (Lipinski definition) is 6. The van der Waals surface area contributed by atoms with Crippen LogP contribution in [0.25, 0.3) is 5.65 Å². The van der Waals surface area contributed by atoms with E-state index in [2.05, 4.69) is 25.3 Å². The van der Waals surface area contributed by atoms with Gasteiger partial charge < -0.3 is 10.2 Å². The zero-order chi connectivity index (χ0) is 17.5. The molecular formula is C18H25N7O. The van der Waals surface area contributed by atoms with Gasteiger partial charge in [-0.3, -0.25) is 9.69 Å². The van der Waals surface area contributed by atoms with Crippen LogP contribution in [0, 0.1) is 0 Å². The molecule has 2 aromatic heterocycles. The molecule has 1 unspecified atom stereocenters. The molecule has 8 nitrogen and oxygen atoms in total. The molecule has 1 N–H and O–H groups in total. The van der Waals surface area contributed by atoms with Gasteiger partial charge in [-0.05, 0) is 57.3 Å². The summed E-state index contributed by atoms with van der Waals surface area (Å²) in [5.74, 6) is 2.53. The van der Waals surface area contributed by atoms with Crippen molar-refractivity contribution in [3.8, 4) is 0 Å². The van der Waals surface area contributed by atoms with Crippen molar-refractivity contribution in [2.45, 2.75) is 44.1 Å². The van der Waals surface area contributed by atoms with E-state index in [0.29, 0.717) is 5.92 Å². The lowest BCUT2D eigenvalue weighted by Crippen LogP contribution is -2.52. The van der Waals surface area contributed by atoms with E-state index in [1.54, 1.807) is 0 Å². The van der Waals surface area contributed by atoms with E-state index in [1.165, 1.54) is 6.42 Å². The van der Waals surface area contributed by atoms with Crippen LogP contribution < -0.4 is 10.2 Å². The monoisotopic (exact) mass is 355 g/mol. The minimum absolute atomic E-state index is 0.0518. The fraction of sp³-hybridized carbons (Fsp3) is 0.667. The maximum Gasteiger partial charge on any atom is 0.237 e. The highest BCUT2D eigenvalue weighted by Crippen LogP contribution is 2.29. The third-order valence-corrected chi connectivity index (χ3v) is 6.04. The number of likely N-dealkylation sites (tertiary alicyclic amines) is 1. The second-order valence-electron chi connectivity index (χ2n) is 7.62. The molecule has 0 aliphatic carbocycles. The molecule has 5 heterocycles. The SMILES string of the molecule is O=C1NCCCC1N1CCC(c2nnc3ccc(N4CCC4)nn23)CC1. The number of hydrogen-bond donors (Lipinski definition) is 1. The molecule has 5 rings (SSSR count). The minimum Gasteiger partial charge on any atom is -0.355 e. The topological polar surface area (TPSA) is 78.7 Å². The molecule has 0 spiro atoms. The molecule has 0 radical (unpaired) electrons. The summed E-state index contributed by atoms with van der Waals surface area (Å²) in [6.45, 7) is 4.85. The van der Waals surface area contributed by atoms with Crippen LogP contribution in [-0.2, 0) is 4.79 Å². The van der Waals surface area contributed by atoms with Crippen molar-refractivity contribution in [1.29, 1.82) is 0 Å². The average molecular weight is 355 g/mol. The van der Waals surface area contributed by atoms with E-state index in [9.17, 15) is 4.79 Å². The van der Waals surface area contributed by atoms with E-state index in [-0.39, 0.29) is 11.9 Å². The molecule has 1 amide bonds. The Morgan fingerprint density at radius 2 is 1.85 bits per heavy atom. The van der Waals surface area contributed by atoms with Crippen LogP contribution in [0.4, 0.5) is 5.82 Å². The smallest absolute Gasteiger partial charge is 0.237 e. The number of rotatable bonds is 3. The molecule has 2 aromatic rings. The van der Waals surface area contributed by atoms with Gasteiger partial charge in [-0.1, -0.05) is 0 Å². The van der Waals surface area contributed by atoms with Gasteiger partial charge in [-0.15, -0.1) is 15.3 Å². The summed E-state index contributed by atoms with van der Waals surface area (Å²) in [5.41, 5.74) is 0.818. The molecule has 3 aliphatic rings. The number of aromatic nitrogens is 4. The van der Waals surface area contributed by atoms with Crippen LogP contribution in [0.3, 0.4) is 0 Å². The lowest BCUT2D eigenvalue weighted by Gasteiger charge is -2.38. The summed E-state index contributed by atoms with van der Waals surface area (Å²) >= 11 is 0. The fourth-order valence-electron chi connectivity index (χ4n) is 4.34. The van der Waals surface area contributed by atoms with Crippen molar-refractivity contribution in [2.24, 2.45) is 0 Å². The Kier molecular flexibility index (Phi) is 4.00. The van der Waals surface area contributed by atoms with Crippen LogP contribution in [0.1, 0.15) is 43.8 Å².